The number of fused-ring (bicyclic) bond motifs is 2. The summed E-state index contributed by atoms with van der Waals surface area (Å²) in [6.07, 6.45) is 7.23. The van der Waals surface area contributed by atoms with Gasteiger partial charge < -0.3 is 4.42 Å². The third-order valence-corrected chi connectivity index (χ3v) is 4.64. The molecule has 0 amide bonds. The van der Waals surface area contributed by atoms with E-state index in [0.717, 1.165) is 24.3 Å². The van der Waals surface area contributed by atoms with Gasteiger partial charge >= 0.3 is 0 Å². The molecule has 0 saturated heterocycles. The van der Waals surface area contributed by atoms with Gasteiger partial charge in [-0.3, -0.25) is 9.69 Å². The molecule has 2 fully saturated rings. The van der Waals surface area contributed by atoms with E-state index in [1.54, 1.807) is 18.4 Å². The average molecular weight is 247 g/mol. The van der Waals surface area contributed by atoms with E-state index in [2.05, 4.69) is 4.90 Å². The van der Waals surface area contributed by atoms with Crippen LogP contribution in [0.25, 0.3) is 0 Å². The molecular weight excluding hydrogens is 226 g/mol. The van der Waals surface area contributed by atoms with Crippen molar-refractivity contribution in [3.05, 3.63) is 24.2 Å². The number of carbonyl (C=O) groups excluding carboxylic acids is 1. The number of ketones is 1. The Bertz CT molecular complexity index is 412. The standard InChI is InChI=1S/C15H21NO2/c1-16(10-14(17)15-3-2-6-18-15)9-13-8-11-4-5-12(13)7-11/h2-3,6,11-13H,4-5,7-10H2,1H3. The first-order valence-corrected chi connectivity index (χ1v) is 6.97. The highest BCUT2D eigenvalue weighted by molar-refractivity contribution is 5.94. The maximum absolute atomic E-state index is 11.9. The third kappa shape index (κ3) is 2.37. The number of Topliss-reactive ketones (excluding diaryl/α,β-unsaturated/α-hetero) is 1. The highest BCUT2D eigenvalue weighted by atomic mass is 16.3. The Morgan fingerprint density at radius 2 is 2.33 bits per heavy atom. The molecule has 0 radical (unpaired) electrons. The van der Waals surface area contributed by atoms with E-state index in [9.17, 15) is 4.79 Å². The zero-order chi connectivity index (χ0) is 12.5. The van der Waals surface area contributed by atoms with Crippen LogP contribution >= 0.6 is 0 Å². The normalized spacial score (nSPS) is 30.2. The fourth-order valence-electron chi connectivity index (χ4n) is 3.83. The second-order valence-electron chi connectivity index (χ2n) is 6.03. The Hall–Kier alpha value is -1.09. The van der Waals surface area contributed by atoms with Crippen LogP contribution < -0.4 is 0 Å². The van der Waals surface area contributed by atoms with Gasteiger partial charge in [0.05, 0.1) is 12.8 Å². The predicted octanol–water partition coefficient (Wildman–Crippen LogP) is 2.83. The van der Waals surface area contributed by atoms with Crippen molar-refractivity contribution in [3.8, 4) is 0 Å². The summed E-state index contributed by atoms with van der Waals surface area (Å²) in [5.74, 6) is 3.30. The lowest BCUT2D eigenvalue weighted by molar-refractivity contribution is 0.0902. The van der Waals surface area contributed by atoms with E-state index >= 15 is 0 Å². The van der Waals surface area contributed by atoms with Crippen LogP contribution in [0.1, 0.15) is 36.2 Å². The molecule has 98 valence electrons. The van der Waals surface area contributed by atoms with E-state index in [1.807, 2.05) is 7.05 Å². The minimum absolute atomic E-state index is 0.0886. The molecule has 18 heavy (non-hydrogen) atoms. The van der Waals surface area contributed by atoms with Crippen LogP contribution in [0, 0.1) is 17.8 Å². The highest BCUT2D eigenvalue weighted by Gasteiger charge is 2.39. The van der Waals surface area contributed by atoms with Gasteiger partial charge in [-0.2, -0.15) is 0 Å². The van der Waals surface area contributed by atoms with Crippen LogP contribution in [0.15, 0.2) is 22.8 Å². The number of carbonyl (C=O) groups is 1. The summed E-state index contributed by atoms with van der Waals surface area (Å²) >= 11 is 0. The molecule has 2 bridgehead atoms. The van der Waals surface area contributed by atoms with Gasteiger partial charge in [-0.15, -0.1) is 0 Å². The summed E-state index contributed by atoms with van der Waals surface area (Å²) in [5.41, 5.74) is 0. The van der Waals surface area contributed by atoms with Crippen LogP contribution in [0.4, 0.5) is 0 Å². The van der Waals surface area contributed by atoms with Crippen molar-refractivity contribution in [2.45, 2.75) is 25.7 Å². The molecule has 1 aromatic heterocycles. The SMILES string of the molecule is CN(CC(=O)c1ccco1)CC1CC2CCC1C2. The lowest BCUT2D eigenvalue weighted by Gasteiger charge is -2.26. The zero-order valence-corrected chi connectivity index (χ0v) is 11.0. The molecule has 0 aliphatic heterocycles. The maximum Gasteiger partial charge on any atom is 0.211 e. The van der Waals surface area contributed by atoms with Crippen molar-refractivity contribution in [2.24, 2.45) is 17.8 Å². The smallest absolute Gasteiger partial charge is 0.211 e. The largest absolute Gasteiger partial charge is 0.461 e. The van der Waals surface area contributed by atoms with Gasteiger partial charge in [0, 0.05) is 6.54 Å². The number of furan rings is 1. The Morgan fingerprint density at radius 3 is 2.94 bits per heavy atom. The van der Waals surface area contributed by atoms with E-state index < -0.39 is 0 Å². The second-order valence-corrected chi connectivity index (χ2v) is 6.03. The third-order valence-electron chi connectivity index (χ3n) is 4.64. The summed E-state index contributed by atoms with van der Waals surface area (Å²) in [6, 6.07) is 3.51. The molecule has 3 rings (SSSR count). The number of likely N-dealkylation sites (N-methyl/N-ethyl adjacent to an activating group) is 1. The van der Waals surface area contributed by atoms with Crippen molar-refractivity contribution in [1.29, 1.82) is 0 Å². The second kappa shape index (κ2) is 4.88. The first-order valence-electron chi connectivity index (χ1n) is 6.97. The van der Waals surface area contributed by atoms with Crippen LogP contribution in [0.5, 0.6) is 0 Å². The molecular formula is C15H21NO2. The van der Waals surface area contributed by atoms with Gasteiger partial charge in [-0.05, 0) is 56.2 Å². The van der Waals surface area contributed by atoms with Crippen molar-refractivity contribution in [1.82, 2.24) is 4.90 Å². The Balaban J connectivity index is 1.50. The van der Waals surface area contributed by atoms with E-state index in [0.29, 0.717) is 12.3 Å². The predicted molar refractivity (Wildman–Crippen MR) is 69.5 cm³/mol. The van der Waals surface area contributed by atoms with E-state index in [-0.39, 0.29) is 5.78 Å². The van der Waals surface area contributed by atoms with Gasteiger partial charge in [0.25, 0.3) is 0 Å². The molecule has 2 aliphatic rings. The molecule has 3 unspecified atom stereocenters. The Morgan fingerprint density at radius 1 is 1.44 bits per heavy atom. The molecule has 3 nitrogen and oxygen atoms in total. The van der Waals surface area contributed by atoms with Crippen LogP contribution in [-0.4, -0.2) is 30.8 Å². The first-order chi connectivity index (χ1) is 8.72. The highest BCUT2D eigenvalue weighted by Crippen LogP contribution is 2.48. The van der Waals surface area contributed by atoms with Crippen molar-refractivity contribution in [3.63, 3.8) is 0 Å². The fourth-order valence-corrected chi connectivity index (χ4v) is 3.83. The Labute approximate surface area is 108 Å². The van der Waals surface area contributed by atoms with Gasteiger partial charge in [-0.1, -0.05) is 6.42 Å². The van der Waals surface area contributed by atoms with Gasteiger partial charge in [0.2, 0.25) is 5.78 Å². The van der Waals surface area contributed by atoms with Crippen LogP contribution in [-0.2, 0) is 0 Å². The van der Waals surface area contributed by atoms with E-state index in [4.69, 9.17) is 4.42 Å². The molecule has 0 aromatic carbocycles. The number of hydrogen-bond donors (Lipinski definition) is 0. The molecule has 1 aromatic rings. The monoisotopic (exact) mass is 247 g/mol. The van der Waals surface area contributed by atoms with E-state index in [1.165, 1.54) is 25.7 Å². The van der Waals surface area contributed by atoms with Crippen LogP contribution in [0.2, 0.25) is 0 Å². The average Bonchev–Trinajstić information content (AvgIpc) is 3.06. The molecule has 0 spiro atoms. The summed E-state index contributed by atoms with van der Waals surface area (Å²) in [7, 11) is 2.05. The fraction of sp³-hybridized carbons (Fsp3) is 0.667. The number of hydrogen-bond acceptors (Lipinski definition) is 3. The summed E-state index contributed by atoms with van der Waals surface area (Å²) in [5, 5.41) is 0. The van der Waals surface area contributed by atoms with Crippen molar-refractivity contribution in [2.75, 3.05) is 20.1 Å². The molecule has 2 aliphatic carbocycles. The zero-order valence-electron chi connectivity index (χ0n) is 11.0. The number of nitrogens with zero attached hydrogens (tertiary/aromatic N) is 1. The summed E-state index contributed by atoms with van der Waals surface area (Å²) < 4.78 is 5.14. The molecule has 0 N–H and O–H groups in total. The lowest BCUT2D eigenvalue weighted by atomic mass is 9.88. The first kappa shape index (κ1) is 12.0. The summed E-state index contributed by atoms with van der Waals surface area (Å²) in [6.45, 7) is 1.54. The maximum atomic E-state index is 11.9. The van der Waals surface area contributed by atoms with Crippen LogP contribution in [0.3, 0.4) is 0 Å². The minimum atomic E-state index is 0.0886. The lowest BCUT2D eigenvalue weighted by Crippen LogP contribution is -2.32. The molecule has 3 heteroatoms. The molecule has 3 atom stereocenters. The van der Waals surface area contributed by atoms with Gasteiger partial charge in [-0.25, -0.2) is 0 Å². The Kier molecular flexibility index (Phi) is 3.25. The number of rotatable bonds is 5. The minimum Gasteiger partial charge on any atom is -0.461 e. The summed E-state index contributed by atoms with van der Waals surface area (Å²) in [4.78, 5) is 14.1. The van der Waals surface area contributed by atoms with Crippen molar-refractivity contribution < 1.29 is 9.21 Å². The van der Waals surface area contributed by atoms with Gasteiger partial charge in [0.15, 0.2) is 5.76 Å². The molecule has 2 saturated carbocycles. The quantitative estimate of drug-likeness (QED) is 0.750. The van der Waals surface area contributed by atoms with Crippen molar-refractivity contribution >= 4 is 5.78 Å². The molecule has 1 heterocycles. The topological polar surface area (TPSA) is 33.5 Å². The van der Waals surface area contributed by atoms with Gasteiger partial charge in [0.1, 0.15) is 0 Å².